The Bertz CT molecular complexity index is 350. The number of carbonyl (C=O) groups is 2. The number of aliphatic carboxylic acids is 1. The number of aromatic nitrogens is 3. The van der Waals surface area contributed by atoms with Crippen LogP contribution in [0.1, 0.15) is 19.8 Å². The minimum Gasteiger partial charge on any atom is -0.481 e. The van der Waals surface area contributed by atoms with Gasteiger partial charge in [0.25, 0.3) is 0 Å². The third-order valence-corrected chi connectivity index (χ3v) is 1.92. The number of nitrogens with zero attached hydrogens (tertiary/aromatic N) is 3. The van der Waals surface area contributed by atoms with Gasteiger partial charge in [-0.15, -0.1) is 0 Å². The van der Waals surface area contributed by atoms with Crippen molar-refractivity contribution in [3.8, 4) is 0 Å². The molecule has 7 heteroatoms. The van der Waals surface area contributed by atoms with Gasteiger partial charge in [-0.25, -0.2) is 4.98 Å². The maximum Gasteiger partial charge on any atom is 0.305 e. The average molecular weight is 226 g/mol. The summed E-state index contributed by atoms with van der Waals surface area (Å²) in [5.41, 5.74) is 0. The highest BCUT2D eigenvalue weighted by Crippen LogP contribution is 1.93. The normalized spacial score (nSPS) is 12.1. The summed E-state index contributed by atoms with van der Waals surface area (Å²) in [5.74, 6) is -1.12. The Balaban J connectivity index is 2.23. The van der Waals surface area contributed by atoms with Gasteiger partial charge in [0.15, 0.2) is 0 Å². The van der Waals surface area contributed by atoms with E-state index in [-0.39, 0.29) is 24.8 Å². The molecule has 0 saturated carbocycles. The van der Waals surface area contributed by atoms with Crippen LogP contribution in [-0.4, -0.2) is 37.8 Å². The maximum absolute atomic E-state index is 11.4. The highest BCUT2D eigenvalue weighted by Gasteiger charge is 2.10. The maximum atomic E-state index is 11.4. The van der Waals surface area contributed by atoms with E-state index in [1.807, 2.05) is 0 Å². The standard InChI is InChI=1S/C9H14N4O3/c1-7(4-9(15)16)12-8(14)2-3-13-6-10-5-11-13/h5-7H,2-4H2,1H3,(H,12,14)(H,15,16). The summed E-state index contributed by atoms with van der Waals surface area (Å²) in [6, 6.07) is -0.360. The van der Waals surface area contributed by atoms with E-state index in [2.05, 4.69) is 15.4 Å². The van der Waals surface area contributed by atoms with Crippen LogP contribution < -0.4 is 5.32 Å². The number of nitrogens with one attached hydrogen (secondary N) is 1. The molecule has 0 spiro atoms. The van der Waals surface area contributed by atoms with E-state index in [1.165, 1.54) is 12.7 Å². The summed E-state index contributed by atoms with van der Waals surface area (Å²) >= 11 is 0. The molecule has 0 fully saturated rings. The van der Waals surface area contributed by atoms with Crippen LogP contribution in [0.3, 0.4) is 0 Å². The molecule has 1 aromatic heterocycles. The number of hydrogen-bond donors (Lipinski definition) is 2. The van der Waals surface area contributed by atoms with Crippen LogP contribution in [0.5, 0.6) is 0 Å². The van der Waals surface area contributed by atoms with E-state index in [4.69, 9.17) is 5.11 Å². The Morgan fingerprint density at radius 1 is 1.56 bits per heavy atom. The fourth-order valence-electron chi connectivity index (χ4n) is 1.22. The van der Waals surface area contributed by atoms with Gasteiger partial charge < -0.3 is 10.4 Å². The highest BCUT2D eigenvalue weighted by atomic mass is 16.4. The lowest BCUT2D eigenvalue weighted by atomic mass is 10.2. The molecule has 7 nitrogen and oxygen atoms in total. The molecule has 1 amide bonds. The minimum absolute atomic E-state index is 0.0743. The second kappa shape index (κ2) is 5.84. The first-order valence-electron chi connectivity index (χ1n) is 4.91. The molecule has 0 bridgehead atoms. The Morgan fingerprint density at radius 2 is 2.31 bits per heavy atom. The lowest BCUT2D eigenvalue weighted by Gasteiger charge is -2.11. The molecule has 1 unspecified atom stereocenters. The topological polar surface area (TPSA) is 97.1 Å². The molecule has 2 N–H and O–H groups in total. The van der Waals surface area contributed by atoms with E-state index in [0.29, 0.717) is 6.54 Å². The van der Waals surface area contributed by atoms with Gasteiger partial charge in [-0.3, -0.25) is 14.3 Å². The Kier molecular flexibility index (Phi) is 4.43. The van der Waals surface area contributed by atoms with Crippen LogP contribution >= 0.6 is 0 Å². The lowest BCUT2D eigenvalue weighted by molar-refractivity contribution is -0.137. The van der Waals surface area contributed by atoms with Gasteiger partial charge in [0.05, 0.1) is 13.0 Å². The predicted molar refractivity (Wildman–Crippen MR) is 54.5 cm³/mol. The van der Waals surface area contributed by atoms with Crippen LogP contribution in [0, 0.1) is 0 Å². The molecule has 16 heavy (non-hydrogen) atoms. The van der Waals surface area contributed by atoms with E-state index in [0.717, 1.165) is 0 Å². The largest absolute Gasteiger partial charge is 0.481 e. The van der Waals surface area contributed by atoms with Gasteiger partial charge in [-0.2, -0.15) is 5.10 Å². The smallest absolute Gasteiger partial charge is 0.305 e. The van der Waals surface area contributed by atoms with Gasteiger partial charge in [-0.1, -0.05) is 0 Å². The number of hydrogen-bond acceptors (Lipinski definition) is 4. The summed E-state index contributed by atoms with van der Waals surface area (Å²) < 4.78 is 1.54. The minimum atomic E-state index is -0.927. The molecular formula is C9H14N4O3. The van der Waals surface area contributed by atoms with Crippen molar-refractivity contribution in [1.82, 2.24) is 20.1 Å². The summed E-state index contributed by atoms with van der Waals surface area (Å²) in [6.07, 6.45) is 3.10. The molecule has 88 valence electrons. The van der Waals surface area contributed by atoms with Gasteiger partial charge in [0, 0.05) is 12.5 Å². The van der Waals surface area contributed by atoms with E-state index in [1.54, 1.807) is 11.6 Å². The van der Waals surface area contributed by atoms with Crippen LogP contribution in [0.4, 0.5) is 0 Å². The van der Waals surface area contributed by atoms with Crippen LogP contribution in [0.2, 0.25) is 0 Å². The third kappa shape index (κ3) is 4.54. The zero-order valence-electron chi connectivity index (χ0n) is 8.96. The molecule has 0 aliphatic rings. The lowest BCUT2D eigenvalue weighted by Crippen LogP contribution is -2.34. The van der Waals surface area contributed by atoms with Gasteiger partial charge in [-0.05, 0) is 6.92 Å². The van der Waals surface area contributed by atoms with Crippen LogP contribution in [0.15, 0.2) is 12.7 Å². The third-order valence-electron chi connectivity index (χ3n) is 1.92. The van der Waals surface area contributed by atoms with Crippen molar-refractivity contribution >= 4 is 11.9 Å². The Morgan fingerprint density at radius 3 is 2.88 bits per heavy atom. The SMILES string of the molecule is CC(CC(=O)O)NC(=O)CCn1cncn1. The monoisotopic (exact) mass is 226 g/mol. The molecule has 0 radical (unpaired) electrons. The summed E-state index contributed by atoms with van der Waals surface area (Å²) in [4.78, 5) is 25.5. The van der Waals surface area contributed by atoms with Crippen molar-refractivity contribution in [3.05, 3.63) is 12.7 Å². The van der Waals surface area contributed by atoms with Crippen LogP contribution in [0.25, 0.3) is 0 Å². The van der Waals surface area contributed by atoms with Crippen LogP contribution in [-0.2, 0) is 16.1 Å². The number of aryl methyl sites for hydroxylation is 1. The van der Waals surface area contributed by atoms with Crippen molar-refractivity contribution < 1.29 is 14.7 Å². The van der Waals surface area contributed by atoms with E-state index in [9.17, 15) is 9.59 Å². The van der Waals surface area contributed by atoms with E-state index >= 15 is 0 Å². The molecule has 1 rings (SSSR count). The second-order valence-electron chi connectivity index (χ2n) is 3.47. The molecule has 1 aromatic rings. The Labute approximate surface area is 92.5 Å². The number of rotatable bonds is 6. The van der Waals surface area contributed by atoms with Gasteiger partial charge >= 0.3 is 5.97 Å². The summed E-state index contributed by atoms with van der Waals surface area (Å²) in [6.45, 7) is 2.09. The molecule has 0 saturated heterocycles. The Hall–Kier alpha value is -1.92. The number of carboxylic acids is 1. The zero-order valence-corrected chi connectivity index (χ0v) is 8.96. The first-order chi connectivity index (χ1) is 7.58. The quantitative estimate of drug-likeness (QED) is 0.690. The number of carboxylic acid groups (broad SMARTS) is 1. The van der Waals surface area contributed by atoms with Crippen molar-refractivity contribution in [2.24, 2.45) is 0 Å². The van der Waals surface area contributed by atoms with Gasteiger partial charge in [0.2, 0.25) is 5.91 Å². The van der Waals surface area contributed by atoms with E-state index < -0.39 is 5.97 Å². The summed E-state index contributed by atoms with van der Waals surface area (Å²) in [7, 11) is 0. The zero-order chi connectivity index (χ0) is 12.0. The fourth-order valence-corrected chi connectivity index (χ4v) is 1.22. The van der Waals surface area contributed by atoms with Crippen molar-refractivity contribution in [2.75, 3.05) is 0 Å². The van der Waals surface area contributed by atoms with Crippen molar-refractivity contribution in [2.45, 2.75) is 32.4 Å². The fraction of sp³-hybridized carbons (Fsp3) is 0.556. The molecule has 1 atom stereocenters. The second-order valence-corrected chi connectivity index (χ2v) is 3.47. The number of amides is 1. The molecule has 0 aliphatic carbocycles. The van der Waals surface area contributed by atoms with Gasteiger partial charge in [0.1, 0.15) is 12.7 Å². The average Bonchev–Trinajstić information content (AvgIpc) is 2.65. The molecule has 0 aromatic carbocycles. The number of carbonyl (C=O) groups excluding carboxylic acids is 1. The molecule has 0 aliphatic heterocycles. The predicted octanol–water partition coefficient (Wildman–Crippen LogP) is -0.352. The summed E-state index contributed by atoms with van der Waals surface area (Å²) in [5, 5.41) is 14.9. The first-order valence-corrected chi connectivity index (χ1v) is 4.91. The first kappa shape index (κ1) is 12.2. The van der Waals surface area contributed by atoms with Crippen molar-refractivity contribution in [1.29, 1.82) is 0 Å². The van der Waals surface area contributed by atoms with Crippen molar-refractivity contribution in [3.63, 3.8) is 0 Å². The molecule has 1 heterocycles. The highest BCUT2D eigenvalue weighted by molar-refractivity contribution is 5.77. The molecular weight excluding hydrogens is 212 g/mol.